The van der Waals surface area contributed by atoms with Gasteiger partial charge in [0.2, 0.25) is 0 Å². The average Bonchev–Trinajstić information content (AvgIpc) is 2.69. The number of rotatable bonds is 6. The first-order chi connectivity index (χ1) is 14.8. The van der Waals surface area contributed by atoms with E-state index in [1.807, 2.05) is 39.0 Å². The predicted octanol–water partition coefficient (Wildman–Crippen LogP) is 5.43. The number of anilines is 3. The summed E-state index contributed by atoms with van der Waals surface area (Å²) in [5.41, 5.74) is 2.39. The van der Waals surface area contributed by atoms with Crippen molar-refractivity contribution in [3.8, 4) is 0 Å². The van der Waals surface area contributed by atoms with Crippen molar-refractivity contribution in [2.75, 3.05) is 28.6 Å². The van der Waals surface area contributed by atoms with Crippen LogP contribution in [-0.2, 0) is 9.53 Å². The van der Waals surface area contributed by atoms with Crippen LogP contribution < -0.4 is 15.5 Å². The molecule has 1 heterocycles. The van der Waals surface area contributed by atoms with Gasteiger partial charge in [-0.2, -0.15) is 0 Å². The highest BCUT2D eigenvalue weighted by molar-refractivity contribution is 6.30. The molecule has 0 aromatic heterocycles. The average molecular weight is 448 g/mol. The molecule has 1 aliphatic heterocycles. The third-order valence-corrected chi connectivity index (χ3v) is 5.46. The van der Waals surface area contributed by atoms with Gasteiger partial charge in [0.1, 0.15) is 12.1 Å². The van der Waals surface area contributed by atoms with Gasteiger partial charge < -0.3 is 25.1 Å². The molecule has 0 aliphatic carbocycles. The second-order valence-electron chi connectivity index (χ2n) is 7.95. The second-order valence-corrected chi connectivity index (χ2v) is 8.38. The Hall–Kier alpha value is -2.64. The molecule has 31 heavy (non-hydrogen) atoms. The van der Waals surface area contributed by atoms with E-state index in [1.54, 1.807) is 0 Å². The molecule has 6 nitrogen and oxygen atoms in total. The Morgan fingerprint density at radius 2 is 1.87 bits per heavy atom. The molecule has 2 N–H and O–H groups in total. The minimum Gasteiger partial charge on any atom is -0.372 e. The normalized spacial score (nSPS) is 19.6. The first-order valence-electron chi connectivity index (χ1n) is 10.3. The Morgan fingerprint density at radius 1 is 1.19 bits per heavy atom. The summed E-state index contributed by atoms with van der Waals surface area (Å²) in [6.45, 7) is 7.32. The molecule has 0 saturated carbocycles. The van der Waals surface area contributed by atoms with Crippen molar-refractivity contribution < 1.29 is 18.7 Å². The lowest BCUT2D eigenvalue weighted by molar-refractivity contribution is -0.108. The standard InChI is InChI=1S/C23H27ClFN3O3/c1-14(8-9-29)17-4-7-22(28-12-15(2)31-16(3)13-28)21(10-17)27-23(30)26-20-6-5-18(24)11-19(20)25/h4-7,9-11,14-16H,8,12-13H2,1-3H3,(H2,26,27,30). The third kappa shape index (κ3) is 5.95. The highest BCUT2D eigenvalue weighted by Crippen LogP contribution is 2.33. The number of carbonyl (C=O) groups is 2. The fourth-order valence-corrected chi connectivity index (χ4v) is 3.92. The highest BCUT2D eigenvalue weighted by atomic mass is 35.5. The number of ether oxygens (including phenoxy) is 1. The maximum atomic E-state index is 14.1. The number of urea groups is 1. The lowest BCUT2D eigenvalue weighted by Gasteiger charge is -2.38. The van der Waals surface area contributed by atoms with E-state index in [2.05, 4.69) is 15.5 Å². The molecule has 2 amide bonds. The van der Waals surface area contributed by atoms with Gasteiger partial charge >= 0.3 is 6.03 Å². The smallest absolute Gasteiger partial charge is 0.323 e. The Bertz CT molecular complexity index is 946. The van der Waals surface area contributed by atoms with E-state index in [-0.39, 0.29) is 28.8 Å². The summed E-state index contributed by atoms with van der Waals surface area (Å²) >= 11 is 5.78. The van der Waals surface area contributed by atoms with Crippen molar-refractivity contribution in [2.45, 2.75) is 45.3 Å². The van der Waals surface area contributed by atoms with Crippen molar-refractivity contribution in [1.82, 2.24) is 0 Å². The maximum Gasteiger partial charge on any atom is 0.323 e. The van der Waals surface area contributed by atoms with Crippen molar-refractivity contribution >= 4 is 41.0 Å². The van der Waals surface area contributed by atoms with Crippen molar-refractivity contribution in [2.24, 2.45) is 0 Å². The van der Waals surface area contributed by atoms with Crippen LogP contribution in [0.3, 0.4) is 0 Å². The fourth-order valence-electron chi connectivity index (χ4n) is 3.76. The van der Waals surface area contributed by atoms with E-state index >= 15 is 0 Å². The summed E-state index contributed by atoms with van der Waals surface area (Å²) in [5, 5.41) is 5.62. The quantitative estimate of drug-likeness (QED) is 0.579. The van der Waals surface area contributed by atoms with Gasteiger partial charge in [-0.05, 0) is 55.7 Å². The molecule has 3 rings (SSSR count). The molecule has 0 bridgehead atoms. The number of hydrogen-bond acceptors (Lipinski definition) is 4. The van der Waals surface area contributed by atoms with Crippen LogP contribution in [0.2, 0.25) is 5.02 Å². The van der Waals surface area contributed by atoms with Crippen LogP contribution in [0.25, 0.3) is 0 Å². The number of halogens is 2. The molecule has 3 atom stereocenters. The van der Waals surface area contributed by atoms with Crippen LogP contribution in [0.4, 0.5) is 26.2 Å². The highest BCUT2D eigenvalue weighted by Gasteiger charge is 2.25. The number of benzene rings is 2. The maximum absolute atomic E-state index is 14.1. The van der Waals surface area contributed by atoms with Gasteiger partial charge in [-0.15, -0.1) is 0 Å². The van der Waals surface area contributed by atoms with Gasteiger partial charge in [-0.3, -0.25) is 0 Å². The molecular weight excluding hydrogens is 421 g/mol. The summed E-state index contributed by atoms with van der Waals surface area (Å²) < 4.78 is 19.9. The number of hydrogen-bond donors (Lipinski definition) is 2. The monoisotopic (exact) mass is 447 g/mol. The van der Waals surface area contributed by atoms with E-state index in [0.29, 0.717) is 25.2 Å². The first kappa shape index (κ1) is 23.0. The minimum atomic E-state index is -0.618. The number of morpholine rings is 1. The largest absolute Gasteiger partial charge is 0.372 e. The SMILES string of the molecule is CC1CN(c2ccc(C(C)CC=O)cc2NC(=O)Nc2ccc(Cl)cc2F)CC(C)O1. The van der Waals surface area contributed by atoms with E-state index < -0.39 is 11.8 Å². The summed E-state index contributed by atoms with van der Waals surface area (Å²) in [6.07, 6.45) is 1.35. The third-order valence-electron chi connectivity index (χ3n) is 5.23. The molecule has 1 saturated heterocycles. The van der Waals surface area contributed by atoms with E-state index in [0.717, 1.165) is 23.6 Å². The number of aldehydes is 1. The van der Waals surface area contributed by atoms with E-state index in [9.17, 15) is 14.0 Å². The summed E-state index contributed by atoms with van der Waals surface area (Å²) in [4.78, 5) is 25.8. The molecule has 3 unspecified atom stereocenters. The predicted molar refractivity (Wildman–Crippen MR) is 122 cm³/mol. The van der Waals surface area contributed by atoms with Crippen LogP contribution in [0, 0.1) is 5.82 Å². The molecule has 8 heteroatoms. The zero-order valence-corrected chi connectivity index (χ0v) is 18.6. The molecule has 2 aromatic carbocycles. The fraction of sp³-hybridized carbons (Fsp3) is 0.391. The molecule has 2 aromatic rings. The van der Waals surface area contributed by atoms with Gasteiger partial charge in [0, 0.05) is 24.5 Å². The Labute approximate surface area is 186 Å². The lowest BCUT2D eigenvalue weighted by Crippen LogP contribution is -2.45. The second kappa shape index (κ2) is 10.1. The van der Waals surface area contributed by atoms with Crippen LogP contribution in [0.15, 0.2) is 36.4 Å². The van der Waals surface area contributed by atoms with Gasteiger partial charge in [0.05, 0.1) is 29.3 Å². The molecule has 1 aliphatic rings. The summed E-state index contributed by atoms with van der Waals surface area (Å²) in [5.74, 6) is -0.613. The zero-order valence-electron chi connectivity index (χ0n) is 17.8. The van der Waals surface area contributed by atoms with Crippen LogP contribution in [0.5, 0.6) is 0 Å². The van der Waals surface area contributed by atoms with Gasteiger partial charge in [0.15, 0.2) is 0 Å². The van der Waals surface area contributed by atoms with Gasteiger partial charge in [-0.1, -0.05) is 24.6 Å². The molecule has 166 valence electrons. The molecular formula is C23H27ClFN3O3. The Morgan fingerprint density at radius 3 is 2.52 bits per heavy atom. The summed E-state index contributed by atoms with van der Waals surface area (Å²) in [6, 6.07) is 9.26. The van der Waals surface area contributed by atoms with Gasteiger partial charge in [0.25, 0.3) is 0 Å². The Kier molecular flexibility index (Phi) is 7.51. The number of nitrogens with zero attached hydrogens (tertiary/aromatic N) is 1. The van der Waals surface area contributed by atoms with E-state index in [4.69, 9.17) is 16.3 Å². The first-order valence-corrected chi connectivity index (χ1v) is 10.7. The topological polar surface area (TPSA) is 70.7 Å². The number of nitrogens with one attached hydrogen (secondary N) is 2. The Balaban J connectivity index is 1.88. The van der Waals surface area contributed by atoms with Crippen LogP contribution >= 0.6 is 11.6 Å². The summed E-state index contributed by atoms with van der Waals surface area (Å²) in [7, 11) is 0. The molecule has 1 fully saturated rings. The van der Waals surface area contributed by atoms with Crippen molar-refractivity contribution in [3.63, 3.8) is 0 Å². The van der Waals surface area contributed by atoms with Crippen molar-refractivity contribution in [1.29, 1.82) is 0 Å². The minimum absolute atomic E-state index is 0.00593. The van der Waals surface area contributed by atoms with E-state index in [1.165, 1.54) is 12.1 Å². The molecule has 0 radical (unpaired) electrons. The van der Waals surface area contributed by atoms with Gasteiger partial charge in [-0.25, -0.2) is 9.18 Å². The van der Waals surface area contributed by atoms with Crippen LogP contribution in [-0.4, -0.2) is 37.6 Å². The number of carbonyl (C=O) groups excluding carboxylic acids is 2. The number of amides is 2. The molecule has 0 spiro atoms. The van der Waals surface area contributed by atoms with Crippen LogP contribution in [0.1, 0.15) is 38.7 Å². The van der Waals surface area contributed by atoms with Crippen molar-refractivity contribution in [3.05, 3.63) is 52.8 Å². The lowest BCUT2D eigenvalue weighted by atomic mass is 9.97. The zero-order chi connectivity index (χ0) is 22.5.